The van der Waals surface area contributed by atoms with Gasteiger partial charge < -0.3 is 16.0 Å². The molecule has 1 amide bonds. The number of benzene rings is 2. The molecular formula is C18H21N3OS. The molecule has 5 heteroatoms. The molecule has 0 aromatic heterocycles. The number of rotatable bonds is 7. The van der Waals surface area contributed by atoms with Crippen molar-refractivity contribution in [3.05, 3.63) is 66.2 Å². The molecule has 0 aliphatic rings. The summed E-state index contributed by atoms with van der Waals surface area (Å²) in [5, 5.41) is 3.81. The van der Waals surface area contributed by atoms with Crippen LogP contribution in [0.1, 0.15) is 12.0 Å². The van der Waals surface area contributed by atoms with Gasteiger partial charge in [0, 0.05) is 25.2 Å². The molecule has 0 saturated carbocycles. The molecule has 2 rings (SSSR count). The third kappa shape index (κ3) is 6.08. The Labute approximate surface area is 142 Å². The maximum atomic E-state index is 11.1. The third-order valence-corrected chi connectivity index (χ3v) is 3.81. The van der Waals surface area contributed by atoms with Gasteiger partial charge in [-0.2, -0.15) is 0 Å². The van der Waals surface area contributed by atoms with E-state index in [1.165, 1.54) is 5.56 Å². The van der Waals surface area contributed by atoms with Crippen molar-refractivity contribution >= 4 is 28.9 Å². The predicted octanol–water partition coefficient (Wildman–Crippen LogP) is 2.80. The summed E-state index contributed by atoms with van der Waals surface area (Å²) in [7, 11) is 0. The molecule has 0 atom stereocenters. The van der Waals surface area contributed by atoms with Gasteiger partial charge in [0.25, 0.3) is 0 Å². The molecule has 0 radical (unpaired) electrons. The molecule has 4 nitrogen and oxygen atoms in total. The van der Waals surface area contributed by atoms with E-state index in [9.17, 15) is 4.79 Å². The Morgan fingerprint density at radius 2 is 1.61 bits per heavy atom. The van der Waals surface area contributed by atoms with Crippen LogP contribution in [0.15, 0.2) is 60.7 Å². The van der Waals surface area contributed by atoms with Gasteiger partial charge in [0.15, 0.2) is 5.11 Å². The first kappa shape index (κ1) is 17.0. The smallest absolute Gasteiger partial charge is 0.219 e. The average Bonchev–Trinajstić information content (AvgIpc) is 2.56. The lowest BCUT2D eigenvalue weighted by Crippen LogP contribution is -2.38. The van der Waals surface area contributed by atoms with E-state index in [0.29, 0.717) is 11.7 Å². The molecule has 0 saturated heterocycles. The molecule has 0 unspecified atom stereocenters. The monoisotopic (exact) mass is 327 g/mol. The molecule has 120 valence electrons. The fraction of sp³-hybridized carbons (Fsp3) is 0.222. The SMILES string of the molecule is NC(=O)CCN(CCc1ccccc1)C(=S)Nc1ccccc1. The van der Waals surface area contributed by atoms with Crippen LogP contribution in [-0.4, -0.2) is 29.0 Å². The molecule has 0 heterocycles. The summed E-state index contributed by atoms with van der Waals surface area (Å²) in [5.74, 6) is -0.322. The topological polar surface area (TPSA) is 58.4 Å². The maximum absolute atomic E-state index is 11.1. The fourth-order valence-corrected chi connectivity index (χ4v) is 2.49. The first-order valence-electron chi connectivity index (χ1n) is 7.58. The van der Waals surface area contributed by atoms with E-state index in [0.717, 1.165) is 18.7 Å². The Morgan fingerprint density at radius 1 is 1.00 bits per heavy atom. The zero-order valence-electron chi connectivity index (χ0n) is 12.9. The van der Waals surface area contributed by atoms with Gasteiger partial charge >= 0.3 is 0 Å². The van der Waals surface area contributed by atoms with E-state index in [1.807, 2.05) is 53.4 Å². The predicted molar refractivity (Wildman–Crippen MR) is 98.2 cm³/mol. The molecule has 0 aliphatic heterocycles. The number of hydrogen-bond donors (Lipinski definition) is 2. The number of para-hydroxylation sites is 1. The Bertz CT molecular complexity index is 631. The van der Waals surface area contributed by atoms with E-state index in [4.69, 9.17) is 18.0 Å². The van der Waals surface area contributed by atoms with Crippen molar-refractivity contribution in [3.63, 3.8) is 0 Å². The molecule has 3 N–H and O–H groups in total. The lowest BCUT2D eigenvalue weighted by atomic mass is 10.1. The number of nitrogens with zero attached hydrogens (tertiary/aromatic N) is 1. The summed E-state index contributed by atoms with van der Waals surface area (Å²) >= 11 is 5.49. The minimum Gasteiger partial charge on any atom is -0.370 e. The summed E-state index contributed by atoms with van der Waals surface area (Å²) in [5.41, 5.74) is 7.44. The molecular weight excluding hydrogens is 306 g/mol. The molecule has 23 heavy (non-hydrogen) atoms. The zero-order chi connectivity index (χ0) is 16.5. The van der Waals surface area contributed by atoms with Crippen LogP contribution in [0, 0.1) is 0 Å². The van der Waals surface area contributed by atoms with Crippen LogP contribution in [0.25, 0.3) is 0 Å². The minimum atomic E-state index is -0.322. The first-order chi connectivity index (χ1) is 11.1. The Balaban J connectivity index is 1.97. The van der Waals surface area contributed by atoms with E-state index < -0.39 is 0 Å². The van der Waals surface area contributed by atoms with Crippen molar-refractivity contribution in [2.45, 2.75) is 12.8 Å². The van der Waals surface area contributed by atoms with E-state index in [-0.39, 0.29) is 12.3 Å². The number of amides is 1. The Morgan fingerprint density at radius 3 is 2.22 bits per heavy atom. The Hall–Kier alpha value is -2.40. The van der Waals surface area contributed by atoms with Crippen LogP contribution in [0.3, 0.4) is 0 Å². The summed E-state index contributed by atoms with van der Waals surface area (Å²) < 4.78 is 0. The second kappa shape index (κ2) is 8.90. The van der Waals surface area contributed by atoms with Crippen LogP contribution in [0.5, 0.6) is 0 Å². The van der Waals surface area contributed by atoms with Crippen LogP contribution < -0.4 is 11.1 Å². The van der Waals surface area contributed by atoms with Crippen LogP contribution >= 0.6 is 12.2 Å². The second-order valence-electron chi connectivity index (χ2n) is 5.24. The molecule has 0 fully saturated rings. The lowest BCUT2D eigenvalue weighted by Gasteiger charge is -2.25. The maximum Gasteiger partial charge on any atom is 0.219 e. The first-order valence-corrected chi connectivity index (χ1v) is 7.99. The highest BCUT2D eigenvalue weighted by molar-refractivity contribution is 7.80. The molecule has 2 aromatic rings. The van der Waals surface area contributed by atoms with Gasteiger partial charge in [0.05, 0.1) is 0 Å². The standard InChI is InChI=1S/C18H21N3OS/c19-17(22)12-14-21(13-11-15-7-3-1-4-8-15)18(23)20-16-9-5-2-6-10-16/h1-10H,11-14H2,(H2,19,22)(H,20,23). The normalized spacial score (nSPS) is 10.1. The third-order valence-electron chi connectivity index (χ3n) is 3.45. The van der Waals surface area contributed by atoms with Gasteiger partial charge in [0.1, 0.15) is 0 Å². The van der Waals surface area contributed by atoms with E-state index >= 15 is 0 Å². The highest BCUT2D eigenvalue weighted by Gasteiger charge is 2.11. The van der Waals surface area contributed by atoms with Crippen LogP contribution in [0.2, 0.25) is 0 Å². The summed E-state index contributed by atoms with van der Waals surface area (Å²) in [4.78, 5) is 13.1. The zero-order valence-corrected chi connectivity index (χ0v) is 13.8. The number of thiocarbonyl (C=S) groups is 1. The van der Waals surface area contributed by atoms with Crippen molar-refractivity contribution in [1.82, 2.24) is 4.90 Å². The summed E-state index contributed by atoms with van der Waals surface area (Å²) in [6, 6.07) is 20.0. The number of nitrogens with one attached hydrogen (secondary N) is 1. The highest BCUT2D eigenvalue weighted by Crippen LogP contribution is 2.09. The van der Waals surface area contributed by atoms with Gasteiger partial charge in [-0.25, -0.2) is 0 Å². The summed E-state index contributed by atoms with van der Waals surface area (Å²) in [6.45, 7) is 1.25. The number of carbonyl (C=O) groups is 1. The quantitative estimate of drug-likeness (QED) is 0.768. The van der Waals surface area contributed by atoms with Gasteiger partial charge in [-0.05, 0) is 36.3 Å². The Kier molecular flexibility index (Phi) is 6.56. The fourth-order valence-electron chi connectivity index (χ4n) is 2.19. The number of anilines is 1. The van der Waals surface area contributed by atoms with Crippen molar-refractivity contribution in [3.8, 4) is 0 Å². The molecule has 2 aromatic carbocycles. The second-order valence-corrected chi connectivity index (χ2v) is 5.62. The highest BCUT2D eigenvalue weighted by atomic mass is 32.1. The number of primary amides is 1. The van der Waals surface area contributed by atoms with Gasteiger partial charge in [0.2, 0.25) is 5.91 Å². The number of nitrogens with two attached hydrogens (primary N) is 1. The minimum absolute atomic E-state index is 0.283. The lowest BCUT2D eigenvalue weighted by molar-refractivity contribution is -0.118. The van der Waals surface area contributed by atoms with Crippen LogP contribution in [0.4, 0.5) is 5.69 Å². The van der Waals surface area contributed by atoms with Gasteiger partial charge in [-0.1, -0.05) is 48.5 Å². The summed E-state index contributed by atoms with van der Waals surface area (Å²) in [6.07, 6.45) is 1.14. The van der Waals surface area contributed by atoms with Crippen molar-refractivity contribution in [2.24, 2.45) is 5.73 Å². The van der Waals surface area contributed by atoms with Gasteiger partial charge in [-0.3, -0.25) is 4.79 Å². The number of hydrogen-bond acceptors (Lipinski definition) is 2. The van der Waals surface area contributed by atoms with E-state index in [2.05, 4.69) is 17.4 Å². The van der Waals surface area contributed by atoms with Gasteiger partial charge in [-0.15, -0.1) is 0 Å². The molecule has 0 bridgehead atoms. The van der Waals surface area contributed by atoms with Crippen molar-refractivity contribution in [2.75, 3.05) is 18.4 Å². The molecule has 0 aliphatic carbocycles. The number of carbonyl (C=O) groups excluding carboxylic acids is 1. The van der Waals surface area contributed by atoms with E-state index in [1.54, 1.807) is 0 Å². The van der Waals surface area contributed by atoms with Crippen LogP contribution in [-0.2, 0) is 11.2 Å². The largest absolute Gasteiger partial charge is 0.370 e. The molecule has 0 spiro atoms. The van der Waals surface area contributed by atoms with Crippen molar-refractivity contribution in [1.29, 1.82) is 0 Å². The average molecular weight is 327 g/mol. The van der Waals surface area contributed by atoms with Crippen molar-refractivity contribution < 1.29 is 4.79 Å².